The smallest absolute Gasteiger partial charge is 0.207 e. The van der Waals surface area contributed by atoms with Crippen molar-refractivity contribution in [3.8, 4) is 11.5 Å². The third kappa shape index (κ3) is 1.94. The van der Waals surface area contributed by atoms with E-state index in [0.29, 0.717) is 26.4 Å². The minimum Gasteiger partial charge on any atom is -0.490 e. The summed E-state index contributed by atoms with van der Waals surface area (Å²) in [6, 6.07) is 5.71. The fraction of sp³-hybridized carbons (Fsp3) is 0.538. The van der Waals surface area contributed by atoms with Gasteiger partial charge in [0.05, 0.1) is 33.0 Å². The largest absolute Gasteiger partial charge is 0.490 e. The zero-order valence-corrected chi connectivity index (χ0v) is 10.2. The molecule has 0 unspecified atom stereocenters. The second-order valence-corrected chi connectivity index (χ2v) is 4.37. The van der Waals surface area contributed by atoms with Gasteiger partial charge < -0.3 is 24.7 Å². The molecule has 1 aromatic rings. The highest BCUT2D eigenvalue weighted by Gasteiger charge is 2.38. The van der Waals surface area contributed by atoms with Gasteiger partial charge in [0.1, 0.15) is 0 Å². The third-order valence-electron chi connectivity index (χ3n) is 3.21. The number of benzene rings is 1. The van der Waals surface area contributed by atoms with Crippen molar-refractivity contribution in [1.82, 2.24) is 0 Å². The summed E-state index contributed by atoms with van der Waals surface area (Å²) in [7, 11) is 0. The Balaban J connectivity index is 1.95. The van der Waals surface area contributed by atoms with Crippen molar-refractivity contribution in [2.45, 2.75) is 12.2 Å². The summed E-state index contributed by atoms with van der Waals surface area (Å²) in [6.45, 7) is 2.75. The van der Waals surface area contributed by atoms with Crippen LogP contribution >= 0.6 is 0 Å². The van der Waals surface area contributed by atoms with Crippen LogP contribution in [-0.4, -0.2) is 33.0 Å². The van der Waals surface area contributed by atoms with E-state index in [1.165, 1.54) is 0 Å². The van der Waals surface area contributed by atoms with Crippen LogP contribution in [0.15, 0.2) is 18.2 Å². The number of fused-ring (bicyclic) bond motifs is 1. The molecule has 0 saturated carbocycles. The molecule has 0 radical (unpaired) electrons. The summed E-state index contributed by atoms with van der Waals surface area (Å²) in [5, 5.41) is 0. The molecular formula is C13H17NO4. The Kier molecular flexibility index (Phi) is 3.11. The molecule has 1 fully saturated rings. The zero-order chi connectivity index (χ0) is 12.4. The molecule has 3 rings (SSSR count). The molecule has 2 heterocycles. The van der Waals surface area contributed by atoms with E-state index in [1.54, 1.807) is 0 Å². The zero-order valence-electron chi connectivity index (χ0n) is 10.2. The fourth-order valence-corrected chi connectivity index (χ4v) is 2.26. The number of rotatable bonds is 2. The van der Waals surface area contributed by atoms with E-state index in [2.05, 4.69) is 0 Å². The number of ether oxygens (including phenoxy) is 4. The van der Waals surface area contributed by atoms with E-state index in [0.717, 1.165) is 23.5 Å². The topological polar surface area (TPSA) is 62.9 Å². The maximum Gasteiger partial charge on any atom is 0.207 e. The molecule has 0 spiro atoms. The van der Waals surface area contributed by atoms with Crippen LogP contribution in [0.3, 0.4) is 0 Å². The lowest BCUT2D eigenvalue weighted by molar-refractivity contribution is -0.157. The maximum absolute atomic E-state index is 5.79. The highest BCUT2D eigenvalue weighted by molar-refractivity contribution is 5.44. The lowest BCUT2D eigenvalue weighted by Crippen LogP contribution is -2.36. The molecule has 0 atom stereocenters. The molecule has 1 saturated heterocycles. The van der Waals surface area contributed by atoms with Gasteiger partial charge in [-0.05, 0) is 18.2 Å². The van der Waals surface area contributed by atoms with Gasteiger partial charge in [0.2, 0.25) is 5.79 Å². The average molecular weight is 251 g/mol. The van der Waals surface area contributed by atoms with E-state index in [1.807, 2.05) is 18.2 Å². The summed E-state index contributed by atoms with van der Waals surface area (Å²) >= 11 is 0. The summed E-state index contributed by atoms with van der Waals surface area (Å²) in [4.78, 5) is 0. The predicted octanol–water partition coefficient (Wildman–Crippen LogP) is 1.01. The van der Waals surface area contributed by atoms with Gasteiger partial charge in [-0.3, -0.25) is 0 Å². The molecule has 98 valence electrons. The summed E-state index contributed by atoms with van der Waals surface area (Å²) < 4.78 is 22.6. The van der Waals surface area contributed by atoms with E-state index in [9.17, 15) is 0 Å². The van der Waals surface area contributed by atoms with Gasteiger partial charge in [-0.15, -0.1) is 0 Å². The van der Waals surface area contributed by atoms with Crippen molar-refractivity contribution < 1.29 is 18.9 Å². The highest BCUT2D eigenvalue weighted by atomic mass is 16.7. The Bertz CT molecular complexity index is 429. The fourth-order valence-electron chi connectivity index (χ4n) is 2.26. The van der Waals surface area contributed by atoms with Crippen LogP contribution in [0.2, 0.25) is 0 Å². The minimum atomic E-state index is -0.829. The van der Waals surface area contributed by atoms with Crippen molar-refractivity contribution in [2.75, 3.05) is 33.0 Å². The predicted molar refractivity (Wildman–Crippen MR) is 64.7 cm³/mol. The van der Waals surface area contributed by atoms with Crippen LogP contribution in [0.4, 0.5) is 0 Å². The first kappa shape index (κ1) is 11.8. The number of hydrogen-bond acceptors (Lipinski definition) is 5. The van der Waals surface area contributed by atoms with Gasteiger partial charge in [-0.2, -0.15) is 0 Å². The third-order valence-corrected chi connectivity index (χ3v) is 3.21. The molecule has 18 heavy (non-hydrogen) atoms. The van der Waals surface area contributed by atoms with Crippen molar-refractivity contribution >= 4 is 0 Å². The standard InChI is InChI=1S/C13H17NO4/c14-9-13(17-6-7-18-13)10-2-3-11-12(8-10)16-5-1-4-15-11/h2-3,8H,1,4-7,9,14H2. The van der Waals surface area contributed by atoms with Gasteiger partial charge in [0.25, 0.3) is 0 Å². The number of nitrogens with two attached hydrogens (primary N) is 1. The van der Waals surface area contributed by atoms with Crippen molar-refractivity contribution in [3.05, 3.63) is 23.8 Å². The van der Waals surface area contributed by atoms with Crippen molar-refractivity contribution in [3.63, 3.8) is 0 Å². The first-order valence-electron chi connectivity index (χ1n) is 6.22. The molecule has 5 nitrogen and oxygen atoms in total. The van der Waals surface area contributed by atoms with Crippen molar-refractivity contribution in [2.24, 2.45) is 5.73 Å². The quantitative estimate of drug-likeness (QED) is 0.849. The van der Waals surface area contributed by atoms with Gasteiger partial charge in [-0.1, -0.05) is 0 Å². The second kappa shape index (κ2) is 4.76. The Hall–Kier alpha value is -1.30. The van der Waals surface area contributed by atoms with Crippen LogP contribution in [-0.2, 0) is 15.3 Å². The molecule has 2 N–H and O–H groups in total. The minimum absolute atomic E-state index is 0.284. The van der Waals surface area contributed by atoms with Gasteiger partial charge in [-0.25, -0.2) is 0 Å². The molecule has 1 aromatic carbocycles. The average Bonchev–Trinajstić information content (AvgIpc) is 2.78. The molecule has 5 heteroatoms. The van der Waals surface area contributed by atoms with Gasteiger partial charge >= 0.3 is 0 Å². The van der Waals surface area contributed by atoms with E-state index in [4.69, 9.17) is 24.7 Å². The van der Waals surface area contributed by atoms with Gasteiger partial charge in [0, 0.05) is 12.0 Å². The first-order chi connectivity index (χ1) is 8.84. The molecular weight excluding hydrogens is 234 g/mol. The Morgan fingerprint density at radius 3 is 2.44 bits per heavy atom. The van der Waals surface area contributed by atoms with E-state index < -0.39 is 5.79 Å². The molecule has 0 bridgehead atoms. The van der Waals surface area contributed by atoms with Crippen LogP contribution in [0.1, 0.15) is 12.0 Å². The Labute approximate surface area is 106 Å². The van der Waals surface area contributed by atoms with Gasteiger partial charge in [0.15, 0.2) is 11.5 Å². The van der Waals surface area contributed by atoms with Crippen molar-refractivity contribution in [1.29, 1.82) is 0 Å². The van der Waals surface area contributed by atoms with E-state index >= 15 is 0 Å². The first-order valence-corrected chi connectivity index (χ1v) is 6.22. The number of hydrogen-bond donors (Lipinski definition) is 1. The summed E-state index contributed by atoms with van der Waals surface area (Å²) in [5.41, 5.74) is 6.67. The molecule has 2 aliphatic heterocycles. The van der Waals surface area contributed by atoms with Crippen LogP contribution in [0, 0.1) is 0 Å². The summed E-state index contributed by atoms with van der Waals surface area (Å²) in [5.74, 6) is 0.670. The SMILES string of the molecule is NCC1(c2ccc3c(c2)OCCCO3)OCCO1. The molecule has 2 aliphatic rings. The van der Waals surface area contributed by atoms with Crippen LogP contribution in [0.25, 0.3) is 0 Å². The highest BCUT2D eigenvalue weighted by Crippen LogP contribution is 2.37. The Morgan fingerprint density at radius 1 is 1.00 bits per heavy atom. The van der Waals surface area contributed by atoms with Crippen LogP contribution < -0.4 is 15.2 Å². The normalized spacial score (nSPS) is 21.6. The molecule has 0 aliphatic carbocycles. The lowest BCUT2D eigenvalue weighted by atomic mass is 10.1. The second-order valence-electron chi connectivity index (χ2n) is 4.37. The Morgan fingerprint density at radius 2 is 1.72 bits per heavy atom. The van der Waals surface area contributed by atoms with Crippen LogP contribution in [0.5, 0.6) is 11.5 Å². The summed E-state index contributed by atoms with van der Waals surface area (Å²) in [6.07, 6.45) is 0.888. The molecule has 0 amide bonds. The maximum atomic E-state index is 5.79. The monoisotopic (exact) mass is 251 g/mol. The lowest BCUT2D eigenvalue weighted by Gasteiger charge is -2.26. The van der Waals surface area contributed by atoms with E-state index in [-0.39, 0.29) is 6.54 Å². The molecule has 0 aromatic heterocycles.